The van der Waals surface area contributed by atoms with E-state index >= 15 is 0 Å². The van der Waals surface area contributed by atoms with Gasteiger partial charge in [-0.15, -0.1) is 0 Å². The summed E-state index contributed by atoms with van der Waals surface area (Å²) < 4.78 is 80.3. The summed E-state index contributed by atoms with van der Waals surface area (Å²) in [5.74, 6) is -1.19. The third kappa shape index (κ3) is 5.90. The first-order valence-electron chi connectivity index (χ1n) is 14.5. The van der Waals surface area contributed by atoms with E-state index in [-0.39, 0.29) is 51.3 Å². The molecule has 1 fully saturated rings. The summed E-state index contributed by atoms with van der Waals surface area (Å²) in [7, 11) is -5.56. The fraction of sp³-hybridized carbons (Fsp3) is 0.265. The van der Waals surface area contributed by atoms with E-state index in [0.29, 0.717) is 12.0 Å². The van der Waals surface area contributed by atoms with Gasteiger partial charge in [-0.1, -0.05) is 41.5 Å². The van der Waals surface area contributed by atoms with Gasteiger partial charge in [0.05, 0.1) is 26.7 Å². The lowest BCUT2D eigenvalue weighted by atomic mass is 9.67. The Morgan fingerprint density at radius 2 is 1.22 bits per heavy atom. The number of esters is 1. The molecule has 46 heavy (non-hydrogen) atoms. The second-order valence-corrected chi connectivity index (χ2v) is 14.5. The van der Waals surface area contributed by atoms with Crippen molar-refractivity contribution in [3.05, 3.63) is 107 Å². The Morgan fingerprint density at radius 3 is 1.78 bits per heavy atom. The van der Waals surface area contributed by atoms with E-state index in [1.54, 1.807) is 48.5 Å². The van der Waals surface area contributed by atoms with Crippen molar-refractivity contribution in [1.29, 1.82) is 0 Å². The van der Waals surface area contributed by atoms with Gasteiger partial charge in [-0.25, -0.2) is 0 Å². The second kappa shape index (κ2) is 12.0. The van der Waals surface area contributed by atoms with Crippen molar-refractivity contribution in [3.8, 4) is 23.0 Å². The normalized spacial score (nSPS) is 19.0. The molecule has 10 nitrogen and oxygen atoms in total. The van der Waals surface area contributed by atoms with Crippen LogP contribution in [0.15, 0.2) is 88.7 Å². The molecule has 0 N–H and O–H groups in total. The van der Waals surface area contributed by atoms with E-state index in [2.05, 4.69) is 0 Å². The Labute approximate surface area is 268 Å². The van der Waals surface area contributed by atoms with Gasteiger partial charge in [0, 0.05) is 11.8 Å². The minimum absolute atomic E-state index is 0.00281. The molecule has 0 radical (unpaired) electrons. The van der Waals surface area contributed by atoms with Crippen molar-refractivity contribution < 1.29 is 44.2 Å². The van der Waals surface area contributed by atoms with Crippen molar-refractivity contribution in [2.24, 2.45) is 11.8 Å². The average Bonchev–Trinajstić information content (AvgIpc) is 3.39. The molecule has 4 aromatic carbocycles. The maximum absolute atomic E-state index is 13.3. The molecule has 0 saturated carbocycles. The summed E-state index contributed by atoms with van der Waals surface area (Å²) >= 11 is 0. The van der Waals surface area contributed by atoms with Gasteiger partial charge in [-0.05, 0) is 85.5 Å². The van der Waals surface area contributed by atoms with Crippen LogP contribution >= 0.6 is 0 Å². The molecule has 12 heteroatoms. The van der Waals surface area contributed by atoms with Crippen molar-refractivity contribution in [2.75, 3.05) is 20.8 Å². The van der Waals surface area contributed by atoms with Crippen molar-refractivity contribution >= 4 is 26.2 Å². The minimum Gasteiger partial charge on any atom is -0.493 e. The predicted molar refractivity (Wildman–Crippen MR) is 167 cm³/mol. The van der Waals surface area contributed by atoms with Crippen molar-refractivity contribution in [3.63, 3.8) is 0 Å². The van der Waals surface area contributed by atoms with Gasteiger partial charge in [-0.2, -0.15) is 16.8 Å². The number of ether oxygens (including phenoxy) is 3. The summed E-state index contributed by atoms with van der Waals surface area (Å²) in [6.07, 6.45) is 0.365. The fourth-order valence-corrected chi connectivity index (χ4v) is 7.90. The van der Waals surface area contributed by atoms with Crippen LogP contribution in [0.3, 0.4) is 0 Å². The van der Waals surface area contributed by atoms with Gasteiger partial charge in [0.2, 0.25) is 0 Å². The molecular weight excluding hydrogens is 632 g/mol. The van der Waals surface area contributed by atoms with Crippen LogP contribution in [0.2, 0.25) is 0 Å². The van der Waals surface area contributed by atoms with Crippen LogP contribution in [0, 0.1) is 25.7 Å². The molecule has 6 rings (SSSR count). The fourth-order valence-electron chi connectivity index (χ4n) is 6.03. The number of benzene rings is 4. The number of hydrogen-bond acceptors (Lipinski definition) is 10. The molecule has 0 aromatic heterocycles. The molecule has 0 spiro atoms. The highest BCUT2D eigenvalue weighted by Crippen LogP contribution is 2.51. The SMILES string of the molecule is COc1cc([C@@H]2c3cc(OS(=O)(=O)c4ccc(C)cc4)c(OC)cc3C[C@@H]3C(=O)OC[C@H]23)ccc1OS(=O)(=O)c1ccc(C)cc1. The molecule has 1 aliphatic heterocycles. The smallest absolute Gasteiger partial charge is 0.339 e. The van der Waals surface area contributed by atoms with E-state index in [9.17, 15) is 21.6 Å². The van der Waals surface area contributed by atoms with E-state index in [4.69, 9.17) is 22.6 Å². The highest BCUT2D eigenvalue weighted by Gasteiger charge is 2.47. The Kier molecular flexibility index (Phi) is 8.20. The average molecular weight is 665 g/mol. The van der Waals surface area contributed by atoms with Crippen LogP contribution in [-0.4, -0.2) is 43.6 Å². The number of aryl methyl sites for hydroxylation is 2. The molecule has 4 aromatic rings. The summed E-state index contributed by atoms with van der Waals surface area (Å²) in [5, 5.41) is 0. The minimum atomic E-state index is -4.21. The topological polar surface area (TPSA) is 132 Å². The third-order valence-electron chi connectivity index (χ3n) is 8.43. The monoisotopic (exact) mass is 664 g/mol. The quantitative estimate of drug-likeness (QED) is 0.171. The van der Waals surface area contributed by atoms with Crippen LogP contribution in [-0.2, 0) is 36.2 Å². The summed E-state index contributed by atoms with van der Waals surface area (Å²) in [5.41, 5.74) is 3.97. The summed E-state index contributed by atoms with van der Waals surface area (Å²) in [6.45, 7) is 3.86. The Hall–Kier alpha value is -4.55. The molecule has 240 valence electrons. The van der Waals surface area contributed by atoms with Crippen LogP contribution in [0.5, 0.6) is 23.0 Å². The highest BCUT2D eigenvalue weighted by atomic mass is 32.2. The molecule has 2 aliphatic rings. The Balaban J connectivity index is 1.41. The molecule has 0 unspecified atom stereocenters. The van der Waals surface area contributed by atoms with Crippen LogP contribution < -0.4 is 17.8 Å². The molecule has 1 saturated heterocycles. The van der Waals surface area contributed by atoms with Gasteiger partial charge in [0.15, 0.2) is 23.0 Å². The van der Waals surface area contributed by atoms with Gasteiger partial charge in [-0.3, -0.25) is 4.79 Å². The highest BCUT2D eigenvalue weighted by molar-refractivity contribution is 7.87. The van der Waals surface area contributed by atoms with Crippen molar-refractivity contribution in [2.45, 2.75) is 36.0 Å². The zero-order chi connectivity index (χ0) is 32.8. The van der Waals surface area contributed by atoms with Gasteiger partial charge in [0.25, 0.3) is 0 Å². The number of rotatable bonds is 9. The lowest BCUT2D eigenvalue weighted by Gasteiger charge is -2.34. The van der Waals surface area contributed by atoms with E-state index in [1.165, 1.54) is 44.6 Å². The van der Waals surface area contributed by atoms with Gasteiger partial charge >= 0.3 is 26.2 Å². The molecule has 1 heterocycles. The first kappa shape index (κ1) is 31.4. The van der Waals surface area contributed by atoms with E-state index in [1.807, 2.05) is 13.8 Å². The zero-order valence-electron chi connectivity index (χ0n) is 25.6. The number of carbonyl (C=O) groups excluding carboxylic acids is 1. The number of carbonyl (C=O) groups is 1. The first-order chi connectivity index (χ1) is 21.9. The lowest BCUT2D eigenvalue weighted by Crippen LogP contribution is -2.31. The molecule has 0 amide bonds. The largest absolute Gasteiger partial charge is 0.493 e. The van der Waals surface area contributed by atoms with Crippen LogP contribution in [0.25, 0.3) is 0 Å². The summed E-state index contributed by atoms with van der Waals surface area (Å²) in [6, 6.07) is 20.8. The summed E-state index contributed by atoms with van der Waals surface area (Å²) in [4.78, 5) is 12.8. The van der Waals surface area contributed by atoms with E-state index in [0.717, 1.165) is 22.3 Å². The second-order valence-electron chi connectivity index (χ2n) is 11.4. The van der Waals surface area contributed by atoms with Gasteiger partial charge < -0.3 is 22.6 Å². The maximum atomic E-state index is 13.3. The number of fused-ring (bicyclic) bond motifs is 2. The third-order valence-corrected chi connectivity index (χ3v) is 10.9. The maximum Gasteiger partial charge on any atom is 0.339 e. The van der Waals surface area contributed by atoms with Gasteiger partial charge in [0.1, 0.15) is 9.79 Å². The van der Waals surface area contributed by atoms with Crippen molar-refractivity contribution in [1.82, 2.24) is 0 Å². The lowest BCUT2D eigenvalue weighted by molar-refractivity contribution is -0.141. The first-order valence-corrected chi connectivity index (χ1v) is 17.3. The Bertz CT molecular complexity index is 2020. The number of methoxy groups -OCH3 is 2. The molecule has 3 atom stereocenters. The zero-order valence-corrected chi connectivity index (χ0v) is 27.2. The molecule has 1 aliphatic carbocycles. The van der Waals surface area contributed by atoms with E-state index < -0.39 is 32.1 Å². The molecular formula is C34H32O10S2. The number of cyclic esters (lactones) is 1. The Morgan fingerprint density at radius 1 is 0.674 bits per heavy atom. The predicted octanol–water partition coefficient (Wildman–Crippen LogP) is 5.33. The molecule has 0 bridgehead atoms. The van der Waals surface area contributed by atoms with Crippen LogP contribution in [0.4, 0.5) is 0 Å². The number of hydrogen-bond donors (Lipinski definition) is 0. The van der Waals surface area contributed by atoms with Crippen LogP contribution in [0.1, 0.15) is 33.7 Å². The standard InChI is InChI=1S/C34H32O10S2/c1-20-5-10-24(11-6-20)45(36,37)43-29-14-9-22(16-30(29)40-3)33-26-18-32(44-46(38,39)25-12-7-21(2)8-13-25)31(41-4)17-23(26)15-27-28(33)19-42-34(27)35/h5-14,16-18,27-28,33H,15,19H2,1-4H3/t27-,28-,33+/m0/s1.